The lowest BCUT2D eigenvalue weighted by atomic mass is 10.2. The number of nitrogens with zero attached hydrogens (tertiary/aromatic N) is 3. The molecule has 0 saturated carbocycles. The monoisotopic (exact) mass is 305 g/mol. The first-order valence-electron chi connectivity index (χ1n) is 7.12. The van der Waals surface area contributed by atoms with Gasteiger partial charge < -0.3 is 9.47 Å². The van der Waals surface area contributed by atoms with Crippen molar-refractivity contribution >= 4 is 17.5 Å². The molecule has 0 spiro atoms. The van der Waals surface area contributed by atoms with Crippen LogP contribution in [-0.2, 0) is 13.6 Å². The highest BCUT2D eigenvalue weighted by atomic mass is 35.5. The number of rotatable bonds is 6. The van der Waals surface area contributed by atoms with Gasteiger partial charge in [-0.05, 0) is 24.1 Å². The number of hydrogen-bond donors (Lipinski definition) is 0. The molecule has 2 rings (SSSR count). The molecule has 0 unspecified atom stereocenters. The molecule has 5 heteroatoms. The van der Waals surface area contributed by atoms with Gasteiger partial charge in [-0.2, -0.15) is 0 Å². The number of aryl methyl sites for hydroxylation is 1. The van der Waals surface area contributed by atoms with Crippen LogP contribution in [0.15, 0.2) is 36.8 Å². The molecular weight excluding hydrogens is 286 g/mol. The molecule has 0 aliphatic carbocycles. The lowest BCUT2D eigenvalue weighted by Gasteiger charge is -2.23. The number of amides is 1. The van der Waals surface area contributed by atoms with Crippen LogP contribution in [0.25, 0.3) is 0 Å². The van der Waals surface area contributed by atoms with Crippen LogP contribution in [0.5, 0.6) is 0 Å². The van der Waals surface area contributed by atoms with Crippen LogP contribution in [-0.4, -0.2) is 26.9 Å². The Morgan fingerprint density at radius 2 is 2.24 bits per heavy atom. The summed E-state index contributed by atoms with van der Waals surface area (Å²) in [6, 6.07) is 7.63. The summed E-state index contributed by atoms with van der Waals surface area (Å²) in [4.78, 5) is 18.5. The summed E-state index contributed by atoms with van der Waals surface area (Å²) in [5, 5.41) is 0.691. The van der Waals surface area contributed by atoms with Crippen molar-refractivity contribution in [3.63, 3.8) is 0 Å². The van der Waals surface area contributed by atoms with Gasteiger partial charge >= 0.3 is 0 Å². The highest BCUT2D eigenvalue weighted by Gasteiger charge is 2.18. The molecule has 2 aromatic rings. The quantitative estimate of drug-likeness (QED) is 0.819. The van der Waals surface area contributed by atoms with E-state index in [1.165, 1.54) is 0 Å². The lowest BCUT2D eigenvalue weighted by molar-refractivity contribution is 0.0731. The molecule has 0 radical (unpaired) electrons. The normalized spacial score (nSPS) is 10.6. The van der Waals surface area contributed by atoms with Crippen LogP contribution >= 0.6 is 11.6 Å². The van der Waals surface area contributed by atoms with Crippen molar-refractivity contribution in [2.45, 2.75) is 26.3 Å². The first-order valence-corrected chi connectivity index (χ1v) is 7.49. The summed E-state index contributed by atoms with van der Waals surface area (Å²) in [7, 11) is 1.83. The smallest absolute Gasteiger partial charge is 0.272 e. The molecule has 0 N–H and O–H groups in total. The maximum atomic E-state index is 12.7. The SMILES string of the molecule is CCCCN(Cc1cccc(Cl)c1)C(=O)c1cncn1C. The molecule has 112 valence electrons. The number of imidazole rings is 1. The van der Waals surface area contributed by atoms with Gasteiger partial charge in [0.1, 0.15) is 5.69 Å². The molecule has 0 saturated heterocycles. The van der Waals surface area contributed by atoms with Gasteiger partial charge in [0.25, 0.3) is 5.91 Å². The second-order valence-electron chi connectivity index (χ2n) is 5.10. The third-order valence-corrected chi connectivity index (χ3v) is 3.60. The molecule has 0 atom stereocenters. The Balaban J connectivity index is 2.18. The van der Waals surface area contributed by atoms with E-state index in [4.69, 9.17) is 11.6 Å². The highest BCUT2D eigenvalue weighted by Crippen LogP contribution is 2.15. The second kappa shape index (κ2) is 7.27. The fourth-order valence-corrected chi connectivity index (χ4v) is 2.40. The van der Waals surface area contributed by atoms with Crippen molar-refractivity contribution in [3.8, 4) is 0 Å². The molecule has 21 heavy (non-hydrogen) atoms. The standard InChI is InChI=1S/C16H20ClN3O/c1-3-4-8-20(11-13-6-5-7-14(17)9-13)16(21)15-10-18-12-19(15)2/h5-7,9-10,12H,3-4,8,11H2,1-2H3. The van der Waals surface area contributed by atoms with Crippen LogP contribution in [0, 0.1) is 0 Å². The average Bonchev–Trinajstić information content (AvgIpc) is 2.89. The Bertz CT molecular complexity index is 609. The van der Waals surface area contributed by atoms with E-state index < -0.39 is 0 Å². The van der Waals surface area contributed by atoms with Crippen molar-refractivity contribution in [3.05, 3.63) is 53.1 Å². The number of carbonyl (C=O) groups excluding carboxylic acids is 1. The molecule has 0 aliphatic rings. The Labute approximate surface area is 130 Å². The summed E-state index contributed by atoms with van der Waals surface area (Å²) in [6.45, 7) is 3.41. The lowest BCUT2D eigenvalue weighted by Crippen LogP contribution is -2.32. The van der Waals surface area contributed by atoms with Crippen LogP contribution in [0.4, 0.5) is 0 Å². The maximum absolute atomic E-state index is 12.7. The predicted octanol–water partition coefficient (Wildman–Crippen LogP) is 3.52. The summed E-state index contributed by atoms with van der Waals surface area (Å²) >= 11 is 6.02. The van der Waals surface area contributed by atoms with Gasteiger partial charge in [0, 0.05) is 25.2 Å². The first-order chi connectivity index (χ1) is 10.1. The molecule has 1 aromatic heterocycles. The minimum atomic E-state index is 0.00317. The van der Waals surface area contributed by atoms with E-state index in [0.717, 1.165) is 24.9 Å². The number of unbranched alkanes of at least 4 members (excludes halogenated alkanes) is 1. The Morgan fingerprint density at radius 1 is 1.43 bits per heavy atom. The average molecular weight is 306 g/mol. The van der Waals surface area contributed by atoms with E-state index in [0.29, 0.717) is 17.3 Å². The maximum Gasteiger partial charge on any atom is 0.272 e. The number of carbonyl (C=O) groups is 1. The zero-order valence-electron chi connectivity index (χ0n) is 12.4. The van der Waals surface area contributed by atoms with Gasteiger partial charge in [-0.25, -0.2) is 4.98 Å². The van der Waals surface area contributed by atoms with Crippen LogP contribution in [0.1, 0.15) is 35.8 Å². The van der Waals surface area contributed by atoms with Gasteiger partial charge in [-0.1, -0.05) is 37.1 Å². The Morgan fingerprint density at radius 3 is 2.86 bits per heavy atom. The van der Waals surface area contributed by atoms with E-state index in [1.807, 2.05) is 36.2 Å². The van der Waals surface area contributed by atoms with Gasteiger partial charge in [-0.3, -0.25) is 4.79 Å². The number of halogens is 1. The summed E-state index contributed by atoms with van der Waals surface area (Å²) < 4.78 is 1.75. The van der Waals surface area contributed by atoms with Crippen LogP contribution in [0.3, 0.4) is 0 Å². The fourth-order valence-electron chi connectivity index (χ4n) is 2.18. The first kappa shape index (κ1) is 15.6. The van der Waals surface area contributed by atoms with E-state index in [9.17, 15) is 4.79 Å². The molecule has 0 bridgehead atoms. The topological polar surface area (TPSA) is 38.1 Å². The van der Waals surface area contributed by atoms with Gasteiger partial charge in [-0.15, -0.1) is 0 Å². The predicted molar refractivity (Wildman–Crippen MR) is 84.3 cm³/mol. The molecular formula is C16H20ClN3O. The van der Waals surface area contributed by atoms with Gasteiger partial charge in [0.15, 0.2) is 0 Å². The number of benzene rings is 1. The minimum absolute atomic E-state index is 0.00317. The van der Waals surface area contributed by atoms with Crippen molar-refractivity contribution in [1.29, 1.82) is 0 Å². The summed E-state index contributed by atoms with van der Waals surface area (Å²) in [5.74, 6) is 0.00317. The highest BCUT2D eigenvalue weighted by molar-refractivity contribution is 6.30. The van der Waals surface area contributed by atoms with Crippen molar-refractivity contribution in [2.24, 2.45) is 7.05 Å². The minimum Gasteiger partial charge on any atom is -0.333 e. The summed E-state index contributed by atoms with van der Waals surface area (Å²) in [6.07, 6.45) is 5.28. The zero-order valence-corrected chi connectivity index (χ0v) is 13.2. The third kappa shape index (κ3) is 4.08. The van der Waals surface area contributed by atoms with Crippen molar-refractivity contribution < 1.29 is 4.79 Å². The Hall–Kier alpha value is -1.81. The van der Waals surface area contributed by atoms with Gasteiger partial charge in [0.2, 0.25) is 0 Å². The molecule has 1 amide bonds. The zero-order chi connectivity index (χ0) is 15.2. The molecule has 1 aromatic carbocycles. The molecule has 1 heterocycles. The van der Waals surface area contributed by atoms with Crippen molar-refractivity contribution in [1.82, 2.24) is 14.5 Å². The molecule has 0 aliphatic heterocycles. The largest absolute Gasteiger partial charge is 0.333 e. The fraction of sp³-hybridized carbons (Fsp3) is 0.375. The van der Waals surface area contributed by atoms with Crippen LogP contribution in [0.2, 0.25) is 5.02 Å². The van der Waals surface area contributed by atoms with Crippen LogP contribution < -0.4 is 0 Å². The van der Waals surface area contributed by atoms with Gasteiger partial charge in [0.05, 0.1) is 12.5 Å². The third-order valence-electron chi connectivity index (χ3n) is 3.37. The van der Waals surface area contributed by atoms with E-state index >= 15 is 0 Å². The summed E-state index contributed by atoms with van der Waals surface area (Å²) in [5.41, 5.74) is 1.64. The van der Waals surface area contributed by atoms with E-state index in [-0.39, 0.29) is 5.91 Å². The van der Waals surface area contributed by atoms with E-state index in [2.05, 4.69) is 11.9 Å². The Kier molecular flexibility index (Phi) is 5.39. The molecule has 0 fully saturated rings. The van der Waals surface area contributed by atoms with E-state index in [1.54, 1.807) is 17.1 Å². The molecule has 4 nitrogen and oxygen atoms in total. The number of hydrogen-bond acceptors (Lipinski definition) is 2. The number of aromatic nitrogens is 2. The van der Waals surface area contributed by atoms with Crippen molar-refractivity contribution in [2.75, 3.05) is 6.54 Å². The second-order valence-corrected chi connectivity index (χ2v) is 5.54.